The molecule has 24 heavy (non-hydrogen) atoms. The Balaban J connectivity index is 1.79. The number of methoxy groups -OCH3 is 2. The first-order valence-electron chi connectivity index (χ1n) is 7.42. The molecule has 0 aliphatic rings. The van der Waals surface area contributed by atoms with Gasteiger partial charge in [-0.15, -0.1) is 0 Å². The molecule has 0 aliphatic carbocycles. The monoisotopic (exact) mass is 326 g/mol. The number of hydrogen-bond acceptors (Lipinski definition) is 5. The third-order valence-electron chi connectivity index (χ3n) is 3.73. The average molecular weight is 326 g/mol. The number of aryl methyl sites for hydroxylation is 1. The molecule has 0 aliphatic heterocycles. The van der Waals surface area contributed by atoms with Crippen LogP contribution in [-0.2, 0) is 6.54 Å². The van der Waals surface area contributed by atoms with E-state index in [1.807, 2.05) is 25.1 Å². The third kappa shape index (κ3) is 3.01. The molecule has 7 nitrogen and oxygen atoms in total. The Hall–Kier alpha value is -3.09. The van der Waals surface area contributed by atoms with Gasteiger partial charge in [0.15, 0.2) is 5.69 Å². The topological polar surface area (TPSA) is 89.1 Å². The lowest BCUT2D eigenvalue weighted by Crippen LogP contribution is -2.23. The van der Waals surface area contributed by atoms with E-state index in [4.69, 9.17) is 9.47 Å². The molecule has 1 amide bonds. The van der Waals surface area contributed by atoms with Crippen molar-refractivity contribution in [1.29, 1.82) is 0 Å². The van der Waals surface area contributed by atoms with Gasteiger partial charge in [0.1, 0.15) is 11.5 Å². The summed E-state index contributed by atoms with van der Waals surface area (Å²) < 4.78 is 10.5. The molecular formula is C17H18N4O3. The number of ether oxygens (including phenoxy) is 2. The van der Waals surface area contributed by atoms with E-state index >= 15 is 0 Å². The minimum Gasteiger partial charge on any atom is -0.497 e. The van der Waals surface area contributed by atoms with Gasteiger partial charge in [0.05, 0.1) is 25.9 Å². The number of benzene rings is 1. The first-order valence-corrected chi connectivity index (χ1v) is 7.42. The van der Waals surface area contributed by atoms with Crippen LogP contribution in [0.15, 0.2) is 30.5 Å². The van der Waals surface area contributed by atoms with Crippen molar-refractivity contribution >= 4 is 16.8 Å². The minimum absolute atomic E-state index is 0.260. The Morgan fingerprint density at radius 2 is 2.08 bits per heavy atom. The molecule has 0 radical (unpaired) electrons. The van der Waals surface area contributed by atoms with E-state index in [0.717, 1.165) is 22.2 Å². The van der Waals surface area contributed by atoms with Crippen LogP contribution in [0.1, 0.15) is 21.7 Å². The standard InChI is InChI=1S/C17H18N4O3/c1-10-6-13-14(9-18-10)20-21-16(13)17(22)19-8-11-4-5-12(23-2)7-15(11)24-3/h4-7,9H,8H2,1-3H3,(H,19,22)(H,20,21). The second-order valence-electron chi connectivity index (χ2n) is 5.30. The molecule has 0 saturated carbocycles. The maximum atomic E-state index is 12.4. The number of aromatic nitrogens is 3. The van der Waals surface area contributed by atoms with Gasteiger partial charge in [-0.1, -0.05) is 0 Å². The highest BCUT2D eigenvalue weighted by Gasteiger charge is 2.15. The Kier molecular flexibility index (Phi) is 4.33. The maximum absolute atomic E-state index is 12.4. The van der Waals surface area contributed by atoms with Crippen LogP contribution in [0.25, 0.3) is 10.9 Å². The highest BCUT2D eigenvalue weighted by Crippen LogP contribution is 2.24. The van der Waals surface area contributed by atoms with Crippen LogP contribution in [0.4, 0.5) is 0 Å². The molecule has 0 fully saturated rings. The summed E-state index contributed by atoms with van der Waals surface area (Å²) >= 11 is 0. The van der Waals surface area contributed by atoms with Gasteiger partial charge < -0.3 is 14.8 Å². The number of rotatable bonds is 5. The number of nitrogens with one attached hydrogen (secondary N) is 2. The van der Waals surface area contributed by atoms with Crippen LogP contribution in [-0.4, -0.2) is 35.3 Å². The van der Waals surface area contributed by atoms with Crippen molar-refractivity contribution in [3.63, 3.8) is 0 Å². The summed E-state index contributed by atoms with van der Waals surface area (Å²) in [5.41, 5.74) is 2.76. The van der Waals surface area contributed by atoms with Crippen LogP contribution in [0.5, 0.6) is 11.5 Å². The third-order valence-corrected chi connectivity index (χ3v) is 3.73. The normalized spacial score (nSPS) is 10.6. The number of pyridine rings is 1. The number of H-pyrrole nitrogens is 1. The van der Waals surface area contributed by atoms with Crippen molar-refractivity contribution in [2.75, 3.05) is 14.2 Å². The van der Waals surface area contributed by atoms with Gasteiger partial charge in [0, 0.05) is 29.3 Å². The summed E-state index contributed by atoms with van der Waals surface area (Å²) in [5.74, 6) is 1.09. The van der Waals surface area contributed by atoms with Crippen LogP contribution < -0.4 is 14.8 Å². The second-order valence-corrected chi connectivity index (χ2v) is 5.30. The molecule has 2 aromatic heterocycles. The highest BCUT2D eigenvalue weighted by molar-refractivity contribution is 6.04. The molecule has 0 saturated heterocycles. The van der Waals surface area contributed by atoms with Gasteiger partial charge in [-0.25, -0.2) is 0 Å². The number of aromatic amines is 1. The Morgan fingerprint density at radius 3 is 2.83 bits per heavy atom. The number of carbonyl (C=O) groups is 1. The predicted molar refractivity (Wildman–Crippen MR) is 89.3 cm³/mol. The summed E-state index contributed by atoms with van der Waals surface area (Å²) in [7, 11) is 3.17. The van der Waals surface area contributed by atoms with Crippen LogP contribution in [0.2, 0.25) is 0 Å². The van der Waals surface area contributed by atoms with Gasteiger partial charge in [-0.3, -0.25) is 14.9 Å². The SMILES string of the molecule is COc1ccc(CNC(=O)c2n[nH]c3cnc(C)cc23)c(OC)c1. The summed E-state index contributed by atoms with van der Waals surface area (Å²) in [6.45, 7) is 2.20. The first kappa shape index (κ1) is 15.8. The van der Waals surface area contributed by atoms with E-state index in [9.17, 15) is 4.79 Å². The highest BCUT2D eigenvalue weighted by atomic mass is 16.5. The first-order chi connectivity index (χ1) is 11.6. The smallest absolute Gasteiger partial charge is 0.272 e. The van der Waals surface area contributed by atoms with Crippen molar-refractivity contribution in [3.05, 3.63) is 47.4 Å². The van der Waals surface area contributed by atoms with Crippen molar-refractivity contribution in [1.82, 2.24) is 20.5 Å². The maximum Gasteiger partial charge on any atom is 0.272 e. The lowest BCUT2D eigenvalue weighted by Gasteiger charge is -2.11. The average Bonchev–Trinajstić information content (AvgIpc) is 3.02. The molecule has 7 heteroatoms. The molecule has 0 unspecified atom stereocenters. The Labute approximate surface area is 139 Å². The lowest BCUT2D eigenvalue weighted by molar-refractivity contribution is 0.0947. The van der Waals surface area contributed by atoms with Gasteiger partial charge in [-0.05, 0) is 25.1 Å². The number of carbonyl (C=O) groups excluding carboxylic acids is 1. The van der Waals surface area contributed by atoms with E-state index in [2.05, 4.69) is 20.5 Å². The predicted octanol–water partition coefficient (Wildman–Crippen LogP) is 2.21. The van der Waals surface area contributed by atoms with E-state index < -0.39 is 0 Å². The molecule has 3 rings (SSSR count). The lowest BCUT2D eigenvalue weighted by atomic mass is 10.1. The fraction of sp³-hybridized carbons (Fsp3) is 0.235. The minimum atomic E-state index is -0.260. The summed E-state index contributed by atoms with van der Waals surface area (Å²) in [6.07, 6.45) is 1.67. The molecule has 0 atom stereocenters. The molecular weight excluding hydrogens is 308 g/mol. The van der Waals surface area contributed by atoms with Crippen LogP contribution >= 0.6 is 0 Å². The van der Waals surface area contributed by atoms with Crippen molar-refractivity contribution in [2.24, 2.45) is 0 Å². The molecule has 0 bridgehead atoms. The quantitative estimate of drug-likeness (QED) is 0.750. The number of fused-ring (bicyclic) bond motifs is 1. The molecule has 3 aromatic rings. The van der Waals surface area contributed by atoms with Crippen molar-refractivity contribution in [3.8, 4) is 11.5 Å². The Morgan fingerprint density at radius 1 is 1.25 bits per heavy atom. The number of hydrogen-bond donors (Lipinski definition) is 2. The zero-order valence-electron chi connectivity index (χ0n) is 13.7. The largest absolute Gasteiger partial charge is 0.497 e. The zero-order valence-corrected chi connectivity index (χ0v) is 13.7. The molecule has 124 valence electrons. The number of amides is 1. The van der Waals surface area contributed by atoms with E-state index in [0.29, 0.717) is 23.7 Å². The van der Waals surface area contributed by atoms with Crippen molar-refractivity contribution in [2.45, 2.75) is 13.5 Å². The van der Waals surface area contributed by atoms with E-state index in [1.165, 1.54) is 0 Å². The molecule has 0 spiro atoms. The van der Waals surface area contributed by atoms with E-state index in [-0.39, 0.29) is 5.91 Å². The van der Waals surface area contributed by atoms with E-state index in [1.54, 1.807) is 26.5 Å². The molecule has 1 aromatic carbocycles. The summed E-state index contributed by atoms with van der Waals surface area (Å²) in [5, 5.41) is 10.5. The van der Waals surface area contributed by atoms with Crippen molar-refractivity contribution < 1.29 is 14.3 Å². The van der Waals surface area contributed by atoms with Gasteiger partial charge in [0.25, 0.3) is 5.91 Å². The fourth-order valence-electron chi connectivity index (χ4n) is 2.45. The second kappa shape index (κ2) is 6.57. The van der Waals surface area contributed by atoms with Gasteiger partial charge >= 0.3 is 0 Å². The molecule has 2 heterocycles. The van der Waals surface area contributed by atoms with Gasteiger partial charge in [0.2, 0.25) is 0 Å². The fourth-order valence-corrected chi connectivity index (χ4v) is 2.45. The van der Waals surface area contributed by atoms with Crippen LogP contribution in [0, 0.1) is 6.92 Å². The molecule has 2 N–H and O–H groups in total. The van der Waals surface area contributed by atoms with Crippen LogP contribution in [0.3, 0.4) is 0 Å². The zero-order chi connectivity index (χ0) is 17.1. The van der Waals surface area contributed by atoms with Gasteiger partial charge in [-0.2, -0.15) is 5.10 Å². The number of nitrogens with zero attached hydrogens (tertiary/aromatic N) is 2. The summed E-state index contributed by atoms with van der Waals surface area (Å²) in [6, 6.07) is 7.29. The summed E-state index contributed by atoms with van der Waals surface area (Å²) in [4.78, 5) is 16.6. The Bertz CT molecular complexity index is 889.